The van der Waals surface area contributed by atoms with Crippen LogP contribution < -0.4 is 0 Å². The fraction of sp³-hybridized carbons (Fsp3) is 0. The summed E-state index contributed by atoms with van der Waals surface area (Å²) in [6.07, 6.45) is 0. The van der Waals surface area contributed by atoms with Gasteiger partial charge in [-0.2, -0.15) is 0 Å². The van der Waals surface area contributed by atoms with Crippen molar-refractivity contribution in [3.8, 4) is 0 Å². The zero-order chi connectivity index (χ0) is 0. The molecular weight excluding hydrogens is 197 g/mol. The van der Waals surface area contributed by atoms with E-state index in [0.29, 0.717) is 0 Å². The summed E-state index contributed by atoms with van der Waals surface area (Å²) in [6, 6.07) is 0. The van der Waals surface area contributed by atoms with Gasteiger partial charge in [0.1, 0.15) is 0 Å². The van der Waals surface area contributed by atoms with Gasteiger partial charge in [0.2, 0.25) is 0 Å². The van der Waals surface area contributed by atoms with Crippen molar-refractivity contribution < 1.29 is 47.9 Å². The minimum atomic E-state index is 0. The molecule has 0 aliphatic rings. The first kappa shape index (κ1) is 72.9. The Kier molecular flexibility index (Phi) is 607. The Bertz CT molecular complexity index is 6.00. The minimum Gasteiger partial charge on any atom is -2.00 e. The second-order valence-corrected chi connectivity index (χ2v) is 0. The molecule has 0 saturated heterocycles. The molecule has 0 aromatic rings. The van der Waals surface area contributed by atoms with Crippen LogP contribution >= 0.6 is 0 Å². The Balaban J connectivity index is 0. The second kappa shape index (κ2) is 33.3. The Hall–Kier alpha value is 1.08. The van der Waals surface area contributed by atoms with Gasteiger partial charge in [-0.05, 0) is 0 Å². The van der Waals surface area contributed by atoms with Crippen LogP contribution in [0.3, 0.4) is 0 Å². The zero-order valence-corrected chi connectivity index (χ0v) is 3.99. The first-order valence-electron chi connectivity index (χ1n) is 0. The minimum absolute atomic E-state index is 0. The Morgan fingerprint density at radius 1 is 0.750 bits per heavy atom. The van der Waals surface area contributed by atoms with Gasteiger partial charge in [0.15, 0.2) is 0 Å². The van der Waals surface area contributed by atoms with Gasteiger partial charge in [-0.25, -0.2) is 0 Å². The van der Waals surface area contributed by atoms with Gasteiger partial charge in [-0.3, -0.25) is 0 Å². The van der Waals surface area contributed by atoms with E-state index in [9.17, 15) is 0 Å². The van der Waals surface area contributed by atoms with Crippen LogP contribution in [0.1, 0.15) is 0 Å². The van der Waals surface area contributed by atoms with Gasteiger partial charge < -0.3 is 11.0 Å². The average molecular weight is 197 g/mol. The number of hydrogen-bond donors (Lipinski definition) is 0. The predicted octanol–water partition coefficient (Wildman–Crippen LogP) is -0.243. The summed E-state index contributed by atoms with van der Waals surface area (Å²) in [7, 11) is 0. The third kappa shape index (κ3) is 11.5. The van der Waals surface area contributed by atoms with Gasteiger partial charge in [0, 0.05) is 0 Å². The molecule has 0 bridgehead atoms. The average Bonchev–Trinajstić information content (AvgIpc) is 0. The third-order valence-electron chi connectivity index (χ3n) is 0. The second-order valence-electron chi connectivity index (χ2n) is 0. The van der Waals surface area contributed by atoms with Gasteiger partial charge in [-0.1, -0.05) is 0 Å². The van der Waals surface area contributed by atoms with Crippen molar-refractivity contribution in [1.29, 1.82) is 0 Å². The summed E-state index contributed by atoms with van der Waals surface area (Å²) in [4.78, 5) is 0. The maximum absolute atomic E-state index is 0. The molecule has 4 heteroatoms. The van der Waals surface area contributed by atoms with E-state index in [2.05, 4.69) is 0 Å². The molecule has 0 unspecified atom stereocenters. The van der Waals surface area contributed by atoms with Crippen molar-refractivity contribution in [2.24, 2.45) is 0 Å². The van der Waals surface area contributed by atoms with Crippen LogP contribution in [-0.4, -0.2) is 0 Å². The molecule has 0 fully saturated rings. The van der Waals surface area contributed by atoms with E-state index >= 15 is 0 Å². The molecule has 0 aliphatic heterocycles. The van der Waals surface area contributed by atoms with Crippen LogP contribution in [-0.2, 0) is 47.9 Å². The summed E-state index contributed by atoms with van der Waals surface area (Å²) >= 11 is 0. The quantitative estimate of drug-likeness (QED) is 0.481. The summed E-state index contributed by atoms with van der Waals surface area (Å²) < 4.78 is 0. The molecule has 32 valence electrons. The SMILES string of the molecule is [Ni+2].[O-2].[O-2].[Pd+2]. The molecule has 0 aromatic carbocycles. The van der Waals surface area contributed by atoms with Gasteiger partial charge in [0.05, 0.1) is 0 Å². The van der Waals surface area contributed by atoms with Crippen LogP contribution in [0.2, 0.25) is 0 Å². The van der Waals surface area contributed by atoms with Crippen molar-refractivity contribution in [3.05, 3.63) is 0 Å². The first-order chi connectivity index (χ1) is 0. The standard InChI is InChI=1S/Ni.2O.Pd/q+2;2*-2;+2. The van der Waals surface area contributed by atoms with Gasteiger partial charge >= 0.3 is 36.9 Å². The van der Waals surface area contributed by atoms with Crippen molar-refractivity contribution in [2.75, 3.05) is 0 Å². The third-order valence-corrected chi connectivity index (χ3v) is 0. The van der Waals surface area contributed by atoms with Crippen LogP contribution in [0.15, 0.2) is 0 Å². The molecule has 0 saturated carbocycles. The van der Waals surface area contributed by atoms with Crippen LogP contribution in [0, 0.1) is 0 Å². The molecule has 0 radical (unpaired) electrons. The van der Waals surface area contributed by atoms with E-state index in [1.807, 2.05) is 0 Å². The Morgan fingerprint density at radius 2 is 0.750 bits per heavy atom. The van der Waals surface area contributed by atoms with E-state index in [0.717, 1.165) is 0 Å². The van der Waals surface area contributed by atoms with Gasteiger partial charge in [0.25, 0.3) is 0 Å². The summed E-state index contributed by atoms with van der Waals surface area (Å²) in [6.45, 7) is 0. The van der Waals surface area contributed by atoms with E-state index in [4.69, 9.17) is 0 Å². The van der Waals surface area contributed by atoms with Crippen molar-refractivity contribution >= 4 is 0 Å². The number of hydrogen-bond acceptors (Lipinski definition) is 0. The van der Waals surface area contributed by atoms with Gasteiger partial charge in [-0.15, -0.1) is 0 Å². The van der Waals surface area contributed by atoms with E-state index in [-0.39, 0.29) is 47.9 Å². The fourth-order valence-electron chi connectivity index (χ4n) is 0. The summed E-state index contributed by atoms with van der Waals surface area (Å²) in [5.41, 5.74) is 0. The van der Waals surface area contributed by atoms with E-state index < -0.39 is 0 Å². The summed E-state index contributed by atoms with van der Waals surface area (Å²) in [5.74, 6) is 0. The molecule has 0 rings (SSSR count). The Labute approximate surface area is 48.2 Å². The molecule has 0 aliphatic carbocycles. The van der Waals surface area contributed by atoms with Crippen LogP contribution in [0.5, 0.6) is 0 Å². The molecule has 0 atom stereocenters. The molecule has 4 heavy (non-hydrogen) atoms. The Morgan fingerprint density at radius 3 is 0.750 bits per heavy atom. The normalized spacial score (nSPS) is 0. The number of rotatable bonds is 0. The smallest absolute Gasteiger partial charge is 2.00 e. The molecule has 0 heterocycles. The molecule has 0 N–H and O–H groups in total. The van der Waals surface area contributed by atoms with E-state index in [1.165, 1.54) is 0 Å². The van der Waals surface area contributed by atoms with Crippen molar-refractivity contribution in [3.63, 3.8) is 0 Å². The van der Waals surface area contributed by atoms with E-state index in [1.54, 1.807) is 0 Å². The maximum Gasteiger partial charge on any atom is 2.00 e. The zero-order valence-electron chi connectivity index (χ0n) is 1.45. The topological polar surface area (TPSA) is 57.0 Å². The van der Waals surface area contributed by atoms with Crippen LogP contribution in [0.4, 0.5) is 0 Å². The molecule has 2 nitrogen and oxygen atoms in total. The van der Waals surface area contributed by atoms with Crippen molar-refractivity contribution in [1.82, 2.24) is 0 Å². The molecule has 0 amide bonds. The largest absolute Gasteiger partial charge is 2.00 e. The summed E-state index contributed by atoms with van der Waals surface area (Å²) in [5, 5.41) is 0. The molecule has 0 aromatic heterocycles. The molecule has 0 spiro atoms. The maximum atomic E-state index is 0. The predicted molar refractivity (Wildman–Crippen MR) is 1.37 cm³/mol. The molecular formula is NiO2Pd. The fourth-order valence-corrected chi connectivity index (χ4v) is 0. The van der Waals surface area contributed by atoms with Crippen LogP contribution in [0.25, 0.3) is 0 Å². The monoisotopic (exact) mass is 196 g/mol. The van der Waals surface area contributed by atoms with Crippen molar-refractivity contribution in [2.45, 2.75) is 0 Å². The first-order valence-corrected chi connectivity index (χ1v) is 0.